The van der Waals surface area contributed by atoms with Gasteiger partial charge in [-0.25, -0.2) is 79.7 Å². The Kier molecular flexibility index (Phi) is 31.9. The third-order valence-corrected chi connectivity index (χ3v) is 77.4. The molecule has 0 atom stereocenters. The molecule has 0 amide bonds. The number of anilines is 16. The number of hydrogen-bond donors (Lipinski definition) is 0. The molecule has 8 bridgehead atoms. The third-order valence-electron chi connectivity index (χ3n) is 27.5. The van der Waals surface area contributed by atoms with E-state index < -0.39 is 68.5 Å². The molecule has 32 nitrogen and oxygen atoms in total. The van der Waals surface area contributed by atoms with E-state index in [1.807, 2.05) is 293 Å². The summed E-state index contributed by atoms with van der Waals surface area (Å²) in [7, 11) is -34.4. The van der Waals surface area contributed by atoms with E-state index in [1.54, 1.807) is 0 Å². The van der Waals surface area contributed by atoms with Crippen LogP contribution >= 0.6 is 0 Å². The lowest BCUT2D eigenvalue weighted by Crippen LogP contribution is -2.85. The van der Waals surface area contributed by atoms with Crippen LogP contribution in [0.1, 0.15) is 51.4 Å². The summed E-state index contributed by atoms with van der Waals surface area (Å²) >= 11 is 0. The van der Waals surface area contributed by atoms with Crippen LogP contribution in [0.25, 0.3) is 0 Å². The first-order valence-corrected chi connectivity index (χ1v) is 69.2. The molecule has 6 aliphatic rings. The summed E-state index contributed by atoms with van der Waals surface area (Å²) < 4.78 is 77.0. The standard InChI is InChI=1S/C108H120N24O8Si8/c1-17-57-109-93(41-1)125(94-42-2-18-58-110-94)73-33-81-141-89-142(82-34-74-126(95-43-3-19-59-111-95)96-44-4-20-60-112-96)134-145(85-37-77-129(101-49-9-25-65-117-101)102-50-10-26-66-118-102)90-143(133-141,83-35-75-127(97-45-5-21-61-113-97)98-46-6-22-62-114-98)139-146(86-38-78-130(103-51-11-27-67-119-103)104-52-12-28-68-120-104)91-144(137-141,84-36-76-128(99-47-7-23-63-115-99)100-48-8-24-64-116-100)135-147(138-142,87-39-79-131(105-53-13-29-69-121-105)106-54-14-30-70-122-106)92-148(136-146,140-145)88-40-80-132(107-55-15-31-71-123-107)108-56-16-32-72-124-108/h1-32,41-72H,33-40,73-92H2. The van der Waals surface area contributed by atoms with Crippen molar-refractivity contribution in [3.05, 3.63) is 390 Å². The summed E-state index contributed by atoms with van der Waals surface area (Å²) in [5, 5.41) is 0. The molecule has 0 aromatic carbocycles. The molecule has 16 aromatic heterocycles. The molecule has 40 heteroatoms. The number of nitrogens with zero attached hydrogens (tertiary/aromatic N) is 24. The molecular formula is C108H120N24O8Si8. The predicted octanol–water partition coefficient (Wildman–Crippen LogP) is 22.0. The molecule has 148 heavy (non-hydrogen) atoms. The number of aromatic nitrogens is 16. The molecule has 6 saturated heterocycles. The van der Waals surface area contributed by atoms with Gasteiger partial charge in [-0.05, 0) is 294 Å². The number of hydrogen-bond acceptors (Lipinski definition) is 32. The lowest BCUT2D eigenvalue weighted by Gasteiger charge is -2.66. The van der Waals surface area contributed by atoms with Gasteiger partial charge in [0.1, 0.15) is 93.1 Å². The Morgan fingerprint density at radius 2 is 0.223 bits per heavy atom. The van der Waals surface area contributed by atoms with Crippen LogP contribution in [0.5, 0.6) is 0 Å². The quantitative estimate of drug-likeness (QED) is 0.0320. The fourth-order valence-electron chi connectivity index (χ4n) is 21.7. The molecule has 0 aliphatic carbocycles. The van der Waals surface area contributed by atoms with Crippen LogP contribution in [0.4, 0.5) is 93.1 Å². The fraction of sp³-hybridized carbons (Fsp3) is 0.259. The van der Waals surface area contributed by atoms with E-state index in [0.717, 1.165) is 93.1 Å². The van der Waals surface area contributed by atoms with Gasteiger partial charge in [-0.3, -0.25) is 0 Å². The highest BCUT2D eigenvalue weighted by molar-refractivity contribution is 7.13. The van der Waals surface area contributed by atoms with Crippen molar-refractivity contribution in [3.8, 4) is 0 Å². The smallest absolute Gasteiger partial charge is 0.322 e. The van der Waals surface area contributed by atoms with Gasteiger partial charge in [-0.2, -0.15) is 0 Å². The molecule has 752 valence electrons. The van der Waals surface area contributed by atoms with Gasteiger partial charge in [0, 0.05) is 174 Å². The van der Waals surface area contributed by atoms with Crippen LogP contribution in [0.15, 0.2) is 390 Å². The molecule has 0 N–H and O–H groups in total. The van der Waals surface area contributed by atoms with Crippen molar-refractivity contribution in [1.29, 1.82) is 0 Å². The van der Waals surface area contributed by atoms with Gasteiger partial charge in [-0.1, -0.05) is 97.1 Å². The molecule has 6 fully saturated rings. The molecule has 22 heterocycles. The Bertz CT molecular complexity index is 5180. The van der Waals surface area contributed by atoms with Gasteiger partial charge < -0.3 is 72.1 Å². The van der Waals surface area contributed by atoms with Crippen molar-refractivity contribution >= 4 is 162 Å². The zero-order valence-corrected chi connectivity index (χ0v) is 90.7. The highest BCUT2D eigenvalue weighted by Crippen LogP contribution is 2.60. The van der Waals surface area contributed by atoms with Crippen molar-refractivity contribution in [2.24, 2.45) is 0 Å². The summed E-state index contributed by atoms with van der Waals surface area (Å²) in [6, 6.07) is 101. The maximum atomic E-state index is 9.65. The van der Waals surface area contributed by atoms with Crippen LogP contribution in [-0.2, 0) is 32.9 Å². The van der Waals surface area contributed by atoms with Crippen molar-refractivity contribution in [3.63, 3.8) is 0 Å². The lowest BCUT2D eigenvalue weighted by molar-refractivity contribution is 0.162. The van der Waals surface area contributed by atoms with Gasteiger partial charge in [0.15, 0.2) is 0 Å². The minimum Gasteiger partial charge on any atom is -0.415 e. The molecule has 0 spiro atoms. The zero-order valence-electron chi connectivity index (χ0n) is 82.7. The summed E-state index contributed by atoms with van der Waals surface area (Å²) in [6.07, 6.45) is 34.0. The molecule has 22 rings (SSSR count). The summed E-state index contributed by atoms with van der Waals surface area (Å²) in [4.78, 5) is 99.8. The van der Waals surface area contributed by atoms with E-state index in [-0.39, 0.29) is 0 Å². The van der Waals surface area contributed by atoms with Gasteiger partial charge in [0.25, 0.3) is 0 Å². The number of rotatable bonds is 48. The Morgan fingerprint density at radius 3 is 0.297 bits per heavy atom. The molecule has 0 radical (unpaired) electrons. The summed E-state index contributed by atoms with van der Waals surface area (Å²) in [6.45, 7) is 3.74. The predicted molar refractivity (Wildman–Crippen MR) is 593 cm³/mol. The van der Waals surface area contributed by atoms with Gasteiger partial charge in [0.2, 0.25) is 0 Å². The average Bonchev–Trinajstić information content (AvgIpc) is 0.683. The third kappa shape index (κ3) is 24.3. The molecule has 6 aliphatic heterocycles. The average molecular weight is 2110 g/mol. The monoisotopic (exact) mass is 2100 g/mol. The van der Waals surface area contributed by atoms with Crippen molar-refractivity contribution in [1.82, 2.24) is 79.7 Å². The maximum Gasteiger partial charge on any atom is 0.322 e. The molecule has 16 aromatic rings. The minimum absolute atomic E-state index is 0.337. The van der Waals surface area contributed by atoms with E-state index in [1.165, 1.54) is 0 Å². The number of pyridine rings is 16. The Hall–Kier alpha value is -13.8. The second kappa shape index (κ2) is 47.2. The van der Waals surface area contributed by atoms with Gasteiger partial charge >= 0.3 is 68.5 Å². The first kappa shape index (κ1) is 100. The minimum atomic E-state index is -4.30. The van der Waals surface area contributed by atoms with Gasteiger partial charge in [-0.15, -0.1) is 0 Å². The maximum absolute atomic E-state index is 9.65. The second-order valence-corrected chi connectivity index (χ2v) is 68.6. The molecule has 0 unspecified atom stereocenters. The van der Waals surface area contributed by atoms with E-state index in [0.29, 0.717) is 175 Å². The Balaban J connectivity index is 0.822. The van der Waals surface area contributed by atoms with Crippen molar-refractivity contribution in [2.45, 2.75) is 122 Å². The van der Waals surface area contributed by atoms with E-state index in [4.69, 9.17) is 79.7 Å². The first-order valence-electron chi connectivity index (χ1n) is 51.4. The summed E-state index contributed by atoms with van der Waals surface area (Å²) in [5.74, 6) is 12.0. The Morgan fingerprint density at radius 1 is 0.135 bits per heavy atom. The zero-order chi connectivity index (χ0) is 99.9. The van der Waals surface area contributed by atoms with Crippen molar-refractivity contribution < 1.29 is 32.9 Å². The van der Waals surface area contributed by atoms with E-state index in [2.05, 4.69) is 136 Å². The first-order chi connectivity index (χ1) is 73.0. The van der Waals surface area contributed by atoms with Crippen LogP contribution in [0.3, 0.4) is 0 Å². The van der Waals surface area contributed by atoms with E-state index >= 15 is 0 Å². The molecular weight excluding hydrogens is 1990 g/mol. The summed E-state index contributed by atoms with van der Waals surface area (Å²) in [5.41, 5.74) is 1.35. The van der Waals surface area contributed by atoms with Crippen LogP contribution in [-0.4, -0.2) is 201 Å². The highest BCUT2D eigenvalue weighted by Gasteiger charge is 2.79. The highest BCUT2D eigenvalue weighted by atomic mass is 28.6. The normalized spacial score (nSPS) is 21.5. The SMILES string of the molecule is c1ccc(N(CCC[Si]23C[Si]4(CCCN(c5ccccn5)c5ccccn5)O[Si]5(CCCN(c6ccccn6)c6ccccn6)C[Si]6(CCCN(c7ccccn7)c7ccccn7)O[Si](CCCN(c7ccccn7)c7ccccn7)(C[Si](CCCN(c7ccccn7)c7ccccn7)(O2)O5)O[Si](CCCN(c2ccccn2)c2ccccn2)(C[Si](CCCN(c2ccccn2)c2ccccn2)(O4)O6)O3)c2ccccn2)nc1. The second-order valence-electron chi connectivity index (χ2n) is 37.9. The lowest BCUT2D eigenvalue weighted by atomic mass is 10.3. The van der Waals surface area contributed by atoms with Gasteiger partial charge in [0.05, 0.1) is 0 Å². The van der Waals surface area contributed by atoms with Crippen molar-refractivity contribution in [2.75, 3.05) is 91.6 Å². The largest absolute Gasteiger partial charge is 0.415 e. The van der Waals surface area contributed by atoms with Crippen LogP contribution in [0, 0.1) is 0 Å². The Labute approximate surface area is 872 Å². The molecule has 0 saturated carbocycles. The fourth-order valence-corrected chi connectivity index (χ4v) is 93.6. The van der Waals surface area contributed by atoms with E-state index in [9.17, 15) is 32.9 Å². The topological polar surface area (TPSA) is 306 Å². The van der Waals surface area contributed by atoms with Crippen LogP contribution in [0.2, 0.25) is 71.0 Å². The van der Waals surface area contributed by atoms with Crippen LogP contribution < -0.4 is 39.2 Å².